The van der Waals surface area contributed by atoms with Crippen LogP contribution in [-0.2, 0) is 4.74 Å². The molecule has 3 N–H and O–H groups in total. The Labute approximate surface area is 73.3 Å². The van der Waals surface area contributed by atoms with E-state index in [9.17, 15) is 0 Å². The van der Waals surface area contributed by atoms with E-state index in [-0.39, 0.29) is 12.6 Å². The number of ether oxygens (including phenoxy) is 1. The molecule has 1 fully saturated rings. The van der Waals surface area contributed by atoms with Crippen LogP contribution in [0, 0.1) is 0 Å². The molecule has 1 aliphatic rings. The molecule has 72 valence electrons. The van der Waals surface area contributed by atoms with Crippen LogP contribution in [0.2, 0.25) is 0 Å². The van der Waals surface area contributed by atoms with Crippen LogP contribution in [0.25, 0.3) is 0 Å². The first-order valence-electron chi connectivity index (χ1n) is 4.38. The minimum absolute atomic E-state index is 0.0636. The molecule has 0 amide bonds. The fraction of sp³-hybridized carbons (Fsp3) is 1.00. The van der Waals surface area contributed by atoms with E-state index >= 15 is 0 Å². The summed E-state index contributed by atoms with van der Waals surface area (Å²) in [6.45, 7) is 2.82. The van der Waals surface area contributed by atoms with Gasteiger partial charge in [-0.2, -0.15) is 0 Å². The van der Waals surface area contributed by atoms with Crippen molar-refractivity contribution in [2.24, 2.45) is 5.73 Å². The van der Waals surface area contributed by atoms with E-state index in [0.29, 0.717) is 6.10 Å². The minimum atomic E-state index is -0.111. The van der Waals surface area contributed by atoms with Crippen molar-refractivity contribution in [3.63, 3.8) is 0 Å². The third kappa shape index (κ3) is 2.71. The Morgan fingerprint density at radius 1 is 1.75 bits per heavy atom. The van der Waals surface area contributed by atoms with Gasteiger partial charge in [0.25, 0.3) is 0 Å². The molecule has 0 saturated carbocycles. The summed E-state index contributed by atoms with van der Waals surface area (Å²) in [5, 5.41) is 8.74. The Bertz CT molecular complexity index is 132. The highest BCUT2D eigenvalue weighted by atomic mass is 16.5. The monoisotopic (exact) mass is 174 g/mol. The number of nitrogens with zero attached hydrogens (tertiary/aromatic N) is 1. The second-order valence-corrected chi connectivity index (χ2v) is 3.35. The molecule has 4 nitrogen and oxygen atoms in total. The standard InChI is InChI=1S/C8H18N2O2/c1-12-8-2-3-10(5-8)4-7(9)6-11/h7-8,11H,2-6,9H2,1H3. The minimum Gasteiger partial charge on any atom is -0.395 e. The smallest absolute Gasteiger partial charge is 0.0710 e. The SMILES string of the molecule is COC1CCN(CC(N)CO)C1. The highest BCUT2D eigenvalue weighted by Gasteiger charge is 2.22. The molecule has 0 aromatic rings. The van der Waals surface area contributed by atoms with Crippen molar-refractivity contribution in [3.05, 3.63) is 0 Å². The van der Waals surface area contributed by atoms with E-state index in [1.807, 2.05) is 0 Å². The van der Waals surface area contributed by atoms with Crippen LogP contribution in [0.3, 0.4) is 0 Å². The molecule has 1 saturated heterocycles. The van der Waals surface area contributed by atoms with Crippen LogP contribution in [-0.4, -0.2) is 55.5 Å². The highest BCUT2D eigenvalue weighted by molar-refractivity contribution is 4.78. The van der Waals surface area contributed by atoms with Crippen molar-refractivity contribution in [3.8, 4) is 0 Å². The van der Waals surface area contributed by atoms with Gasteiger partial charge in [0.2, 0.25) is 0 Å². The van der Waals surface area contributed by atoms with E-state index in [2.05, 4.69) is 4.90 Å². The Morgan fingerprint density at radius 3 is 3.00 bits per heavy atom. The molecule has 1 heterocycles. The molecule has 0 bridgehead atoms. The lowest BCUT2D eigenvalue weighted by Gasteiger charge is -2.18. The van der Waals surface area contributed by atoms with Crippen molar-refractivity contribution in [2.75, 3.05) is 33.4 Å². The topological polar surface area (TPSA) is 58.7 Å². The summed E-state index contributed by atoms with van der Waals surface area (Å²) in [6, 6.07) is -0.111. The van der Waals surface area contributed by atoms with Gasteiger partial charge in [0.15, 0.2) is 0 Å². The van der Waals surface area contributed by atoms with Crippen LogP contribution >= 0.6 is 0 Å². The number of aliphatic hydroxyl groups is 1. The second-order valence-electron chi connectivity index (χ2n) is 3.35. The van der Waals surface area contributed by atoms with Crippen LogP contribution in [0.5, 0.6) is 0 Å². The number of methoxy groups -OCH3 is 1. The molecule has 1 aliphatic heterocycles. The van der Waals surface area contributed by atoms with Gasteiger partial charge in [0, 0.05) is 32.8 Å². The van der Waals surface area contributed by atoms with E-state index in [1.54, 1.807) is 7.11 Å². The lowest BCUT2D eigenvalue weighted by molar-refractivity contribution is 0.106. The molecule has 2 atom stereocenters. The maximum absolute atomic E-state index is 8.74. The summed E-state index contributed by atoms with van der Waals surface area (Å²) in [7, 11) is 1.74. The predicted molar refractivity (Wildman–Crippen MR) is 46.9 cm³/mol. The number of hydrogen-bond acceptors (Lipinski definition) is 4. The molecule has 2 unspecified atom stereocenters. The average Bonchev–Trinajstić information content (AvgIpc) is 2.52. The van der Waals surface area contributed by atoms with Crippen LogP contribution in [0.4, 0.5) is 0 Å². The molecule has 4 heteroatoms. The normalized spacial score (nSPS) is 27.8. The van der Waals surface area contributed by atoms with Crippen LogP contribution in [0.1, 0.15) is 6.42 Å². The predicted octanol–water partition coefficient (Wildman–Crippen LogP) is -0.973. The fourth-order valence-electron chi connectivity index (χ4n) is 1.54. The van der Waals surface area contributed by atoms with E-state index < -0.39 is 0 Å². The third-order valence-corrected chi connectivity index (χ3v) is 2.29. The van der Waals surface area contributed by atoms with Crippen LogP contribution < -0.4 is 5.73 Å². The van der Waals surface area contributed by atoms with Crippen molar-refractivity contribution < 1.29 is 9.84 Å². The van der Waals surface area contributed by atoms with Gasteiger partial charge in [-0.1, -0.05) is 0 Å². The zero-order chi connectivity index (χ0) is 8.97. The highest BCUT2D eigenvalue weighted by Crippen LogP contribution is 2.11. The van der Waals surface area contributed by atoms with Gasteiger partial charge >= 0.3 is 0 Å². The molecule has 0 spiro atoms. The maximum atomic E-state index is 8.74. The second kappa shape index (κ2) is 4.77. The van der Waals surface area contributed by atoms with Crippen molar-refractivity contribution in [2.45, 2.75) is 18.6 Å². The van der Waals surface area contributed by atoms with Crippen molar-refractivity contribution in [1.82, 2.24) is 4.90 Å². The third-order valence-electron chi connectivity index (χ3n) is 2.29. The zero-order valence-electron chi connectivity index (χ0n) is 7.57. The quantitative estimate of drug-likeness (QED) is 0.575. The summed E-state index contributed by atoms with van der Waals surface area (Å²) < 4.78 is 5.21. The summed E-state index contributed by atoms with van der Waals surface area (Å²) in [5.41, 5.74) is 5.61. The summed E-state index contributed by atoms with van der Waals surface area (Å²) >= 11 is 0. The first-order valence-corrected chi connectivity index (χ1v) is 4.38. The first-order chi connectivity index (χ1) is 5.76. The lowest BCUT2D eigenvalue weighted by Crippen LogP contribution is -2.39. The van der Waals surface area contributed by atoms with E-state index in [1.165, 1.54) is 0 Å². The number of nitrogens with two attached hydrogens (primary N) is 1. The summed E-state index contributed by atoms with van der Waals surface area (Å²) in [4.78, 5) is 2.23. The molecule has 0 radical (unpaired) electrons. The number of rotatable bonds is 4. The Kier molecular flexibility index (Phi) is 3.94. The number of aliphatic hydroxyl groups excluding tert-OH is 1. The molecule has 0 aromatic carbocycles. The van der Waals surface area contributed by atoms with Crippen LogP contribution in [0.15, 0.2) is 0 Å². The zero-order valence-corrected chi connectivity index (χ0v) is 7.57. The maximum Gasteiger partial charge on any atom is 0.0710 e. The largest absolute Gasteiger partial charge is 0.395 e. The van der Waals surface area contributed by atoms with Crippen molar-refractivity contribution in [1.29, 1.82) is 0 Å². The molecule has 12 heavy (non-hydrogen) atoms. The van der Waals surface area contributed by atoms with E-state index in [4.69, 9.17) is 15.6 Å². The van der Waals surface area contributed by atoms with Gasteiger partial charge < -0.3 is 15.6 Å². The Hall–Kier alpha value is -0.160. The van der Waals surface area contributed by atoms with Crippen molar-refractivity contribution >= 4 is 0 Å². The van der Waals surface area contributed by atoms with Gasteiger partial charge in [0.1, 0.15) is 0 Å². The van der Waals surface area contributed by atoms with Gasteiger partial charge in [-0.3, -0.25) is 4.90 Å². The molecule has 1 rings (SSSR count). The van der Waals surface area contributed by atoms with Gasteiger partial charge in [-0.05, 0) is 6.42 Å². The Morgan fingerprint density at radius 2 is 2.50 bits per heavy atom. The summed E-state index contributed by atoms with van der Waals surface area (Å²) in [6.07, 6.45) is 1.44. The number of hydrogen-bond donors (Lipinski definition) is 2. The lowest BCUT2D eigenvalue weighted by atomic mass is 10.3. The van der Waals surface area contributed by atoms with Gasteiger partial charge in [-0.15, -0.1) is 0 Å². The average molecular weight is 174 g/mol. The molecular weight excluding hydrogens is 156 g/mol. The first kappa shape index (κ1) is 9.92. The summed E-state index contributed by atoms with van der Waals surface area (Å²) in [5.74, 6) is 0. The van der Waals surface area contributed by atoms with Gasteiger partial charge in [0.05, 0.1) is 12.7 Å². The fourth-order valence-corrected chi connectivity index (χ4v) is 1.54. The van der Waals surface area contributed by atoms with Gasteiger partial charge in [-0.25, -0.2) is 0 Å². The van der Waals surface area contributed by atoms with E-state index in [0.717, 1.165) is 26.1 Å². The molecule has 0 aliphatic carbocycles. The number of likely N-dealkylation sites (tertiary alicyclic amines) is 1. The molecule has 0 aromatic heterocycles. The Balaban J connectivity index is 2.18. The molecular formula is C8H18N2O2.